The lowest BCUT2D eigenvalue weighted by Gasteiger charge is -2.37. The minimum Gasteiger partial charge on any atom is -0.469 e. The van der Waals surface area contributed by atoms with E-state index in [9.17, 15) is 9.90 Å². The molecule has 114 valence electrons. The molecular formula is C17H22O3S. The summed E-state index contributed by atoms with van der Waals surface area (Å²) in [6.07, 6.45) is 4.07. The third-order valence-corrected chi connectivity index (χ3v) is 6.53. The molecule has 1 N–H and O–H groups in total. The molecule has 0 aliphatic heterocycles. The van der Waals surface area contributed by atoms with Gasteiger partial charge in [0.1, 0.15) is 0 Å². The Labute approximate surface area is 130 Å². The van der Waals surface area contributed by atoms with Crippen LogP contribution >= 0.6 is 11.8 Å². The molecule has 2 fully saturated rings. The number of hydrogen-bond acceptors (Lipinski definition) is 4. The van der Waals surface area contributed by atoms with Crippen LogP contribution in [0.2, 0.25) is 0 Å². The van der Waals surface area contributed by atoms with Gasteiger partial charge in [0.05, 0.1) is 18.1 Å². The number of carbonyl (C=O) groups excluding carboxylic acids is 1. The molecule has 0 amide bonds. The molecule has 3 atom stereocenters. The first-order valence-electron chi connectivity index (χ1n) is 7.61. The average molecular weight is 306 g/mol. The van der Waals surface area contributed by atoms with Gasteiger partial charge in [-0.3, -0.25) is 4.79 Å². The van der Waals surface area contributed by atoms with E-state index in [-0.39, 0.29) is 11.9 Å². The number of aliphatic hydroxyl groups is 1. The largest absolute Gasteiger partial charge is 0.469 e. The first-order chi connectivity index (χ1) is 10.1. The summed E-state index contributed by atoms with van der Waals surface area (Å²) in [7, 11) is 1.43. The predicted octanol–water partition coefficient (Wildman–Crippen LogP) is 3.26. The SMILES string of the molecule is COC(=O)[C@@]12CCC[C@]1(O)[C@H](CSc1ccccc1)CC2. The fraction of sp³-hybridized carbons (Fsp3) is 0.588. The zero-order valence-corrected chi connectivity index (χ0v) is 13.2. The second-order valence-corrected chi connectivity index (χ2v) is 7.30. The van der Waals surface area contributed by atoms with Gasteiger partial charge in [0.25, 0.3) is 0 Å². The molecule has 2 aliphatic carbocycles. The van der Waals surface area contributed by atoms with Crippen LogP contribution in [0.25, 0.3) is 0 Å². The van der Waals surface area contributed by atoms with E-state index in [1.165, 1.54) is 12.0 Å². The van der Waals surface area contributed by atoms with Crippen LogP contribution in [0.3, 0.4) is 0 Å². The Kier molecular flexibility index (Phi) is 4.02. The van der Waals surface area contributed by atoms with Gasteiger partial charge in [-0.1, -0.05) is 18.2 Å². The average Bonchev–Trinajstić information content (AvgIpc) is 2.98. The summed E-state index contributed by atoms with van der Waals surface area (Å²) in [5, 5.41) is 11.2. The quantitative estimate of drug-likeness (QED) is 0.685. The van der Waals surface area contributed by atoms with Gasteiger partial charge < -0.3 is 9.84 Å². The maximum absolute atomic E-state index is 12.3. The van der Waals surface area contributed by atoms with E-state index in [2.05, 4.69) is 12.1 Å². The maximum Gasteiger partial charge on any atom is 0.314 e. The van der Waals surface area contributed by atoms with E-state index in [0.29, 0.717) is 0 Å². The Hall–Kier alpha value is -1.00. The molecule has 0 bridgehead atoms. The second kappa shape index (κ2) is 5.65. The van der Waals surface area contributed by atoms with Crippen molar-refractivity contribution in [1.82, 2.24) is 0 Å². The molecule has 4 heteroatoms. The lowest BCUT2D eigenvalue weighted by molar-refractivity contribution is -0.167. The highest BCUT2D eigenvalue weighted by atomic mass is 32.2. The van der Waals surface area contributed by atoms with Crippen molar-refractivity contribution >= 4 is 17.7 Å². The van der Waals surface area contributed by atoms with Crippen LogP contribution < -0.4 is 0 Å². The number of carbonyl (C=O) groups is 1. The lowest BCUT2D eigenvalue weighted by Crippen LogP contribution is -2.49. The summed E-state index contributed by atoms with van der Waals surface area (Å²) in [5.74, 6) is 0.818. The minimum atomic E-state index is -0.873. The smallest absolute Gasteiger partial charge is 0.314 e. The van der Waals surface area contributed by atoms with Crippen molar-refractivity contribution in [1.29, 1.82) is 0 Å². The molecule has 0 heterocycles. The van der Waals surface area contributed by atoms with Gasteiger partial charge in [0.2, 0.25) is 0 Å². The van der Waals surface area contributed by atoms with Crippen LogP contribution in [0.1, 0.15) is 32.1 Å². The third-order valence-electron chi connectivity index (χ3n) is 5.36. The first-order valence-corrected chi connectivity index (χ1v) is 8.60. The fourth-order valence-electron chi connectivity index (χ4n) is 4.22. The summed E-state index contributed by atoms with van der Waals surface area (Å²) in [6.45, 7) is 0. The molecule has 0 unspecified atom stereocenters. The van der Waals surface area contributed by atoms with Crippen LogP contribution in [0.4, 0.5) is 0 Å². The number of ether oxygens (including phenoxy) is 1. The summed E-state index contributed by atoms with van der Waals surface area (Å²) in [5.41, 5.74) is -1.52. The summed E-state index contributed by atoms with van der Waals surface area (Å²) >= 11 is 1.77. The molecule has 0 saturated heterocycles. The van der Waals surface area contributed by atoms with Crippen molar-refractivity contribution in [2.45, 2.75) is 42.6 Å². The highest BCUT2D eigenvalue weighted by Crippen LogP contribution is 2.60. The Bertz CT molecular complexity index is 518. The number of methoxy groups -OCH3 is 1. The van der Waals surface area contributed by atoms with Crippen molar-refractivity contribution in [3.63, 3.8) is 0 Å². The lowest BCUT2D eigenvalue weighted by atomic mass is 9.74. The van der Waals surface area contributed by atoms with E-state index >= 15 is 0 Å². The van der Waals surface area contributed by atoms with Gasteiger partial charge in [-0.25, -0.2) is 0 Å². The Balaban J connectivity index is 1.75. The van der Waals surface area contributed by atoms with Gasteiger partial charge in [-0.05, 0) is 50.2 Å². The molecule has 3 nitrogen and oxygen atoms in total. The molecule has 21 heavy (non-hydrogen) atoms. The monoisotopic (exact) mass is 306 g/mol. The van der Waals surface area contributed by atoms with Crippen molar-refractivity contribution < 1.29 is 14.6 Å². The van der Waals surface area contributed by atoms with Gasteiger partial charge in [-0.15, -0.1) is 11.8 Å². The Morgan fingerprint density at radius 3 is 2.81 bits per heavy atom. The summed E-state index contributed by atoms with van der Waals surface area (Å²) < 4.78 is 5.01. The van der Waals surface area contributed by atoms with Crippen LogP contribution in [0.5, 0.6) is 0 Å². The Morgan fingerprint density at radius 1 is 1.33 bits per heavy atom. The minimum absolute atomic E-state index is 0.171. The molecule has 0 spiro atoms. The highest BCUT2D eigenvalue weighted by molar-refractivity contribution is 7.99. The van der Waals surface area contributed by atoms with Crippen LogP contribution in [0, 0.1) is 11.3 Å². The van der Waals surface area contributed by atoms with Crippen LogP contribution in [-0.4, -0.2) is 29.5 Å². The Morgan fingerprint density at radius 2 is 2.10 bits per heavy atom. The summed E-state index contributed by atoms with van der Waals surface area (Å²) in [6, 6.07) is 10.2. The third kappa shape index (κ3) is 2.29. The van der Waals surface area contributed by atoms with E-state index in [1.54, 1.807) is 11.8 Å². The predicted molar refractivity (Wildman–Crippen MR) is 83.1 cm³/mol. The fourth-order valence-corrected chi connectivity index (χ4v) is 5.41. The van der Waals surface area contributed by atoms with Crippen molar-refractivity contribution in [2.24, 2.45) is 11.3 Å². The van der Waals surface area contributed by atoms with Gasteiger partial charge >= 0.3 is 5.97 Å². The maximum atomic E-state index is 12.3. The molecule has 0 aromatic heterocycles. The molecule has 2 saturated carbocycles. The van der Waals surface area contributed by atoms with Crippen LogP contribution in [-0.2, 0) is 9.53 Å². The number of benzene rings is 1. The summed E-state index contributed by atoms with van der Waals surface area (Å²) in [4.78, 5) is 13.5. The van der Waals surface area contributed by atoms with Crippen molar-refractivity contribution in [3.05, 3.63) is 30.3 Å². The van der Waals surface area contributed by atoms with E-state index < -0.39 is 11.0 Å². The van der Waals surface area contributed by atoms with Crippen LogP contribution in [0.15, 0.2) is 35.2 Å². The number of fused-ring (bicyclic) bond motifs is 1. The topological polar surface area (TPSA) is 46.5 Å². The molecule has 1 aromatic carbocycles. The van der Waals surface area contributed by atoms with Crippen molar-refractivity contribution in [3.8, 4) is 0 Å². The van der Waals surface area contributed by atoms with E-state index in [4.69, 9.17) is 4.74 Å². The molecule has 2 aliphatic rings. The number of rotatable bonds is 4. The standard InChI is InChI=1S/C17H22O3S/c1-20-15(18)16-9-5-10-17(16,19)13(8-11-16)12-21-14-6-3-2-4-7-14/h2-4,6-7,13,19H,5,8-12H2,1H3/t13-,16-,17-/m0/s1. The number of thioether (sulfide) groups is 1. The molecule has 3 rings (SSSR count). The normalized spacial score (nSPS) is 34.7. The van der Waals surface area contributed by atoms with E-state index in [1.807, 2.05) is 18.2 Å². The molecular weight excluding hydrogens is 284 g/mol. The zero-order chi connectivity index (χ0) is 14.9. The van der Waals surface area contributed by atoms with Gasteiger partial charge in [0.15, 0.2) is 0 Å². The van der Waals surface area contributed by atoms with Crippen molar-refractivity contribution in [2.75, 3.05) is 12.9 Å². The van der Waals surface area contributed by atoms with Gasteiger partial charge in [0, 0.05) is 10.6 Å². The first kappa shape index (κ1) is 14.9. The number of hydrogen-bond donors (Lipinski definition) is 1. The molecule has 0 radical (unpaired) electrons. The van der Waals surface area contributed by atoms with E-state index in [0.717, 1.165) is 37.9 Å². The molecule has 1 aromatic rings. The van der Waals surface area contributed by atoms with Gasteiger partial charge in [-0.2, -0.15) is 0 Å². The number of esters is 1. The highest BCUT2D eigenvalue weighted by Gasteiger charge is 2.66. The zero-order valence-electron chi connectivity index (χ0n) is 12.4. The second-order valence-electron chi connectivity index (χ2n) is 6.21.